The van der Waals surface area contributed by atoms with E-state index in [1.807, 2.05) is 6.92 Å². The van der Waals surface area contributed by atoms with E-state index in [-0.39, 0.29) is 5.91 Å². The predicted octanol–water partition coefficient (Wildman–Crippen LogP) is -0.377. The number of nitrogens with one attached hydrogen (secondary N) is 2. The van der Waals surface area contributed by atoms with Gasteiger partial charge in [-0.2, -0.15) is 0 Å². The van der Waals surface area contributed by atoms with E-state index in [1.165, 1.54) is 0 Å². The van der Waals surface area contributed by atoms with E-state index in [1.54, 1.807) is 0 Å². The molecule has 1 rings (SSSR count). The normalized spacial score (nSPS) is 27.2. The second-order valence-electron chi connectivity index (χ2n) is 3.46. The molecule has 1 amide bonds. The quantitative estimate of drug-likeness (QED) is 0.676. The van der Waals surface area contributed by atoms with Gasteiger partial charge in [0.15, 0.2) is 0 Å². The molecule has 0 aromatic heterocycles. The molecule has 1 fully saturated rings. The number of carbonyl (C=O) groups is 1. The number of rotatable bonds is 4. The highest BCUT2D eigenvalue weighted by molar-refractivity contribution is 7.85. The Labute approximate surface area is 87.3 Å². The molecule has 5 heteroatoms. The van der Waals surface area contributed by atoms with Gasteiger partial charge in [0, 0.05) is 34.9 Å². The first-order valence-corrected chi connectivity index (χ1v) is 6.56. The van der Waals surface area contributed by atoms with Crippen molar-refractivity contribution in [2.24, 2.45) is 0 Å². The second-order valence-corrected chi connectivity index (χ2v) is 5.15. The molecule has 1 saturated heterocycles. The molecule has 0 aliphatic carbocycles. The second kappa shape index (κ2) is 6.14. The summed E-state index contributed by atoms with van der Waals surface area (Å²) in [4.78, 5) is 11.1. The molecule has 0 aromatic carbocycles. The molecule has 0 unspecified atom stereocenters. The fraction of sp³-hybridized carbons (Fsp3) is 0.889. The van der Waals surface area contributed by atoms with Gasteiger partial charge >= 0.3 is 0 Å². The third kappa shape index (κ3) is 4.19. The summed E-state index contributed by atoms with van der Waals surface area (Å²) in [5.74, 6) is 1.58. The van der Waals surface area contributed by atoms with Crippen LogP contribution in [0, 0.1) is 0 Å². The molecule has 2 N–H and O–H groups in total. The zero-order valence-corrected chi connectivity index (χ0v) is 9.36. The van der Waals surface area contributed by atoms with Crippen molar-refractivity contribution in [1.29, 1.82) is 0 Å². The highest BCUT2D eigenvalue weighted by atomic mass is 32.2. The predicted molar refractivity (Wildman–Crippen MR) is 57.6 cm³/mol. The number of hydrogen-bond acceptors (Lipinski definition) is 3. The summed E-state index contributed by atoms with van der Waals surface area (Å²) in [6, 6.07) is 0.371. The molecule has 0 spiro atoms. The van der Waals surface area contributed by atoms with Crippen LogP contribution in [0.3, 0.4) is 0 Å². The Hall–Kier alpha value is -0.420. The van der Waals surface area contributed by atoms with Gasteiger partial charge in [0.25, 0.3) is 0 Å². The summed E-state index contributed by atoms with van der Waals surface area (Å²) >= 11 is 0. The lowest BCUT2D eigenvalue weighted by atomic mass is 10.1. The van der Waals surface area contributed by atoms with Crippen molar-refractivity contribution in [2.45, 2.75) is 25.8 Å². The van der Waals surface area contributed by atoms with Crippen molar-refractivity contribution >= 4 is 16.7 Å². The Bertz CT molecular complexity index is 211. The van der Waals surface area contributed by atoms with E-state index < -0.39 is 10.8 Å². The minimum Gasteiger partial charge on any atom is -0.355 e. The van der Waals surface area contributed by atoms with Gasteiger partial charge < -0.3 is 10.6 Å². The lowest BCUT2D eigenvalue weighted by molar-refractivity contribution is -0.120. The largest absolute Gasteiger partial charge is 0.355 e. The van der Waals surface area contributed by atoms with Gasteiger partial charge in [0.1, 0.15) is 0 Å². The summed E-state index contributed by atoms with van der Waals surface area (Å²) < 4.78 is 11.1. The number of likely N-dealkylation sites (N-methyl/N-ethyl adjacent to an activating group) is 1. The fourth-order valence-corrected chi connectivity index (χ4v) is 2.79. The van der Waals surface area contributed by atoms with Crippen molar-refractivity contribution < 1.29 is 9.00 Å². The van der Waals surface area contributed by atoms with Crippen molar-refractivity contribution in [3.8, 4) is 0 Å². The summed E-state index contributed by atoms with van der Waals surface area (Å²) in [5, 5.41) is 5.91. The third-order valence-electron chi connectivity index (χ3n) is 2.31. The van der Waals surface area contributed by atoms with Crippen LogP contribution in [0.1, 0.15) is 19.8 Å². The minimum atomic E-state index is -0.619. The standard InChI is InChI=1S/C9H18N2O2S/c1-2-10-9(12)7-11-8-3-5-14(13)6-4-8/h8,11H,2-7H2,1H3,(H,10,12). The van der Waals surface area contributed by atoms with Gasteiger partial charge in [0.05, 0.1) is 6.54 Å². The molecule has 0 bridgehead atoms. The number of carbonyl (C=O) groups excluding carboxylic acids is 1. The molecule has 1 aliphatic heterocycles. The first-order valence-electron chi connectivity index (χ1n) is 5.07. The maximum Gasteiger partial charge on any atom is 0.233 e. The molecular formula is C9H18N2O2S. The molecule has 1 aliphatic rings. The van der Waals surface area contributed by atoms with E-state index in [2.05, 4.69) is 10.6 Å². The Morgan fingerprint density at radius 1 is 1.43 bits per heavy atom. The Morgan fingerprint density at radius 2 is 2.07 bits per heavy atom. The first-order chi connectivity index (χ1) is 6.72. The maximum absolute atomic E-state index is 11.1. The Morgan fingerprint density at radius 3 is 2.64 bits per heavy atom. The van der Waals surface area contributed by atoms with Crippen LogP contribution in [0.2, 0.25) is 0 Å². The molecular weight excluding hydrogens is 200 g/mol. The number of amides is 1. The van der Waals surface area contributed by atoms with Crippen LogP contribution in [-0.4, -0.2) is 40.8 Å². The lowest BCUT2D eigenvalue weighted by Gasteiger charge is -2.22. The van der Waals surface area contributed by atoms with Gasteiger partial charge in [-0.25, -0.2) is 0 Å². The third-order valence-corrected chi connectivity index (χ3v) is 3.70. The summed E-state index contributed by atoms with van der Waals surface area (Å²) in [5.41, 5.74) is 0. The molecule has 14 heavy (non-hydrogen) atoms. The van der Waals surface area contributed by atoms with Crippen LogP contribution in [0.5, 0.6) is 0 Å². The maximum atomic E-state index is 11.1. The van der Waals surface area contributed by atoms with E-state index >= 15 is 0 Å². The summed E-state index contributed by atoms with van der Waals surface area (Å²) in [6.07, 6.45) is 1.85. The van der Waals surface area contributed by atoms with E-state index in [0.717, 1.165) is 24.3 Å². The zero-order chi connectivity index (χ0) is 10.4. The van der Waals surface area contributed by atoms with Crippen LogP contribution >= 0.6 is 0 Å². The average molecular weight is 218 g/mol. The fourth-order valence-electron chi connectivity index (χ4n) is 1.49. The van der Waals surface area contributed by atoms with Crippen LogP contribution in [0.4, 0.5) is 0 Å². The summed E-state index contributed by atoms with van der Waals surface area (Å²) in [7, 11) is -0.619. The van der Waals surface area contributed by atoms with E-state index in [0.29, 0.717) is 19.1 Å². The van der Waals surface area contributed by atoms with Gasteiger partial charge in [-0.15, -0.1) is 0 Å². The summed E-state index contributed by atoms with van der Waals surface area (Å²) in [6.45, 7) is 2.96. The Kier molecular flexibility index (Phi) is 5.11. The molecule has 82 valence electrons. The zero-order valence-electron chi connectivity index (χ0n) is 8.54. The molecule has 0 radical (unpaired) electrons. The van der Waals surface area contributed by atoms with Gasteiger partial charge in [-0.1, -0.05) is 0 Å². The first kappa shape index (κ1) is 11.7. The van der Waals surface area contributed by atoms with Crippen molar-refractivity contribution in [1.82, 2.24) is 10.6 Å². The smallest absolute Gasteiger partial charge is 0.233 e. The van der Waals surface area contributed by atoms with Crippen LogP contribution in [0.15, 0.2) is 0 Å². The molecule has 1 heterocycles. The highest BCUT2D eigenvalue weighted by Gasteiger charge is 2.17. The van der Waals surface area contributed by atoms with Crippen molar-refractivity contribution in [3.63, 3.8) is 0 Å². The highest BCUT2D eigenvalue weighted by Crippen LogP contribution is 2.08. The van der Waals surface area contributed by atoms with Crippen molar-refractivity contribution in [3.05, 3.63) is 0 Å². The van der Waals surface area contributed by atoms with Crippen LogP contribution in [0.25, 0.3) is 0 Å². The van der Waals surface area contributed by atoms with Crippen LogP contribution in [-0.2, 0) is 15.6 Å². The van der Waals surface area contributed by atoms with Crippen molar-refractivity contribution in [2.75, 3.05) is 24.6 Å². The lowest BCUT2D eigenvalue weighted by Crippen LogP contribution is -2.42. The Balaban J connectivity index is 2.12. The molecule has 0 aromatic rings. The van der Waals surface area contributed by atoms with E-state index in [9.17, 15) is 9.00 Å². The van der Waals surface area contributed by atoms with Gasteiger partial charge in [-0.05, 0) is 19.8 Å². The average Bonchev–Trinajstić information content (AvgIpc) is 2.17. The van der Waals surface area contributed by atoms with Crippen LogP contribution < -0.4 is 10.6 Å². The molecule has 0 saturated carbocycles. The molecule has 0 atom stereocenters. The monoisotopic (exact) mass is 218 g/mol. The van der Waals surface area contributed by atoms with Gasteiger partial charge in [0.2, 0.25) is 5.91 Å². The SMILES string of the molecule is CCNC(=O)CNC1CCS(=O)CC1. The number of hydrogen-bond donors (Lipinski definition) is 2. The molecule has 4 nitrogen and oxygen atoms in total. The van der Waals surface area contributed by atoms with E-state index in [4.69, 9.17) is 0 Å². The minimum absolute atomic E-state index is 0.0409. The van der Waals surface area contributed by atoms with Gasteiger partial charge in [-0.3, -0.25) is 9.00 Å². The topological polar surface area (TPSA) is 58.2 Å².